The fraction of sp³-hybridized carbons (Fsp3) is 0.333. The normalized spacial score (nSPS) is 13.7. The molecule has 0 aromatic carbocycles. The van der Waals surface area contributed by atoms with Crippen molar-refractivity contribution in [2.45, 2.75) is 25.3 Å². The second kappa shape index (κ2) is 5.97. The summed E-state index contributed by atoms with van der Waals surface area (Å²) in [6, 6.07) is 8.20. The molecule has 1 aliphatic carbocycles. The Balaban J connectivity index is 1.59. The van der Waals surface area contributed by atoms with Crippen LogP contribution in [0.4, 0.5) is 10.6 Å². The summed E-state index contributed by atoms with van der Waals surface area (Å²) in [5.41, 5.74) is 1.46. The Morgan fingerprint density at radius 2 is 2.14 bits per heavy atom. The third-order valence-electron chi connectivity index (χ3n) is 3.50. The number of nitrogens with one attached hydrogen (secondary N) is 2. The molecule has 2 amide bonds. The lowest BCUT2D eigenvalue weighted by atomic mass is 10.3. The maximum atomic E-state index is 12.1. The van der Waals surface area contributed by atoms with Gasteiger partial charge in [0.1, 0.15) is 0 Å². The number of amides is 2. The van der Waals surface area contributed by atoms with E-state index in [1.807, 2.05) is 6.07 Å². The lowest BCUT2D eigenvalue weighted by molar-refractivity contribution is 0.220. The maximum absolute atomic E-state index is 12.1. The minimum atomic E-state index is -0.307. The highest BCUT2D eigenvalue weighted by molar-refractivity contribution is 5.87. The van der Waals surface area contributed by atoms with Crippen LogP contribution < -0.4 is 10.9 Å². The van der Waals surface area contributed by atoms with Crippen molar-refractivity contribution in [1.82, 2.24) is 20.1 Å². The molecule has 1 fully saturated rings. The van der Waals surface area contributed by atoms with Gasteiger partial charge in [-0.3, -0.25) is 10.1 Å². The van der Waals surface area contributed by atoms with Crippen LogP contribution in [0, 0.1) is 0 Å². The van der Waals surface area contributed by atoms with Crippen LogP contribution in [0.25, 0.3) is 0 Å². The van der Waals surface area contributed by atoms with Crippen LogP contribution in [0.15, 0.2) is 35.1 Å². The molecule has 7 nitrogen and oxygen atoms in total. The number of anilines is 1. The number of aromatic nitrogens is 3. The topological polar surface area (TPSA) is 91.0 Å². The molecule has 0 aliphatic heterocycles. The summed E-state index contributed by atoms with van der Waals surface area (Å²) < 4.78 is 0. The van der Waals surface area contributed by atoms with Crippen LogP contribution in [-0.2, 0) is 6.54 Å². The molecule has 0 saturated heterocycles. The Hall–Kier alpha value is -2.70. The summed E-state index contributed by atoms with van der Waals surface area (Å²) in [4.78, 5) is 27.5. The molecular formula is C15H17N5O2. The Labute approximate surface area is 127 Å². The van der Waals surface area contributed by atoms with Crippen molar-refractivity contribution >= 4 is 11.8 Å². The fourth-order valence-electron chi connectivity index (χ4n) is 2.12. The molecular weight excluding hydrogens is 282 g/mol. The maximum Gasteiger partial charge on any atom is 0.323 e. The summed E-state index contributed by atoms with van der Waals surface area (Å²) in [5, 5.41) is 10.8. The molecule has 0 unspecified atom stereocenters. The molecule has 0 radical (unpaired) electrons. The van der Waals surface area contributed by atoms with Gasteiger partial charge in [0, 0.05) is 24.7 Å². The highest BCUT2D eigenvalue weighted by atomic mass is 16.2. The molecule has 1 saturated carbocycles. The van der Waals surface area contributed by atoms with E-state index in [4.69, 9.17) is 0 Å². The second-order valence-electron chi connectivity index (χ2n) is 5.44. The first-order valence-electron chi connectivity index (χ1n) is 7.16. The number of urea groups is 1. The average Bonchev–Trinajstić information content (AvgIpc) is 3.32. The number of carbonyl (C=O) groups is 1. The number of pyridine rings is 1. The molecule has 2 aromatic heterocycles. The van der Waals surface area contributed by atoms with E-state index in [1.165, 1.54) is 23.8 Å². The van der Waals surface area contributed by atoms with Crippen LogP contribution in [0.1, 0.15) is 30.1 Å². The molecule has 0 bridgehead atoms. The molecule has 2 N–H and O–H groups in total. The zero-order valence-electron chi connectivity index (χ0n) is 12.2. The van der Waals surface area contributed by atoms with Crippen LogP contribution in [0.3, 0.4) is 0 Å². The van der Waals surface area contributed by atoms with Crippen LogP contribution in [0.2, 0.25) is 0 Å². The van der Waals surface area contributed by atoms with Crippen molar-refractivity contribution in [3.63, 3.8) is 0 Å². The van der Waals surface area contributed by atoms with Crippen molar-refractivity contribution in [3.05, 3.63) is 52.1 Å². The molecule has 0 atom stereocenters. The largest absolute Gasteiger partial charge is 0.324 e. The predicted molar refractivity (Wildman–Crippen MR) is 81.6 cm³/mol. The zero-order valence-corrected chi connectivity index (χ0v) is 12.2. The molecule has 0 spiro atoms. The van der Waals surface area contributed by atoms with Crippen molar-refractivity contribution in [3.8, 4) is 0 Å². The summed E-state index contributed by atoms with van der Waals surface area (Å²) >= 11 is 0. The fourth-order valence-corrected chi connectivity index (χ4v) is 2.12. The Morgan fingerprint density at radius 3 is 2.77 bits per heavy atom. The van der Waals surface area contributed by atoms with Crippen molar-refractivity contribution in [1.29, 1.82) is 0 Å². The van der Waals surface area contributed by atoms with Gasteiger partial charge in [0.05, 0.1) is 12.2 Å². The minimum Gasteiger partial charge on any atom is -0.324 e. The smallest absolute Gasteiger partial charge is 0.323 e. The number of H-pyrrole nitrogens is 1. The van der Waals surface area contributed by atoms with E-state index in [9.17, 15) is 9.59 Å². The quantitative estimate of drug-likeness (QED) is 0.899. The molecule has 22 heavy (non-hydrogen) atoms. The van der Waals surface area contributed by atoms with Crippen LogP contribution in [0.5, 0.6) is 0 Å². The second-order valence-corrected chi connectivity index (χ2v) is 5.44. The average molecular weight is 299 g/mol. The summed E-state index contributed by atoms with van der Waals surface area (Å²) in [5.74, 6) is 0.956. The molecule has 7 heteroatoms. The predicted octanol–water partition coefficient (Wildman–Crippen LogP) is 1.71. The van der Waals surface area contributed by atoms with Gasteiger partial charge in [-0.1, -0.05) is 6.07 Å². The highest BCUT2D eigenvalue weighted by Crippen LogP contribution is 2.38. The van der Waals surface area contributed by atoms with E-state index in [1.54, 1.807) is 25.2 Å². The first kappa shape index (κ1) is 14.2. The monoisotopic (exact) mass is 299 g/mol. The van der Waals surface area contributed by atoms with E-state index < -0.39 is 0 Å². The van der Waals surface area contributed by atoms with E-state index in [-0.39, 0.29) is 11.6 Å². The van der Waals surface area contributed by atoms with Gasteiger partial charge in [-0.2, -0.15) is 5.10 Å². The third kappa shape index (κ3) is 3.49. The summed E-state index contributed by atoms with van der Waals surface area (Å²) in [6.45, 7) is 0.301. The van der Waals surface area contributed by atoms with Gasteiger partial charge in [0.15, 0.2) is 5.82 Å². The lowest BCUT2D eigenvalue weighted by Gasteiger charge is -2.17. The molecule has 2 heterocycles. The molecule has 114 valence electrons. The van der Waals surface area contributed by atoms with Gasteiger partial charge in [-0.15, -0.1) is 5.10 Å². The van der Waals surface area contributed by atoms with Crippen LogP contribution in [-0.4, -0.2) is 33.2 Å². The standard InChI is InChI=1S/C15H17N5O2/c1-20(9-11-3-2-4-14(21)16-11)15(22)17-13-8-7-12(18-19-13)10-5-6-10/h2-4,7-8,10H,5-6,9H2,1H3,(H,16,21)(H,17,19,22). The van der Waals surface area contributed by atoms with Gasteiger partial charge < -0.3 is 9.88 Å². The SMILES string of the molecule is CN(Cc1cccc(=O)[nH]1)C(=O)Nc1ccc(C2CC2)nn1. The van der Waals surface area contributed by atoms with Gasteiger partial charge >= 0.3 is 6.03 Å². The summed E-state index contributed by atoms with van der Waals surface area (Å²) in [7, 11) is 1.65. The van der Waals surface area contributed by atoms with Crippen molar-refractivity contribution in [2.24, 2.45) is 0 Å². The number of carbonyl (C=O) groups excluding carboxylic acids is 1. The number of rotatable bonds is 4. The van der Waals surface area contributed by atoms with E-state index in [0.717, 1.165) is 5.69 Å². The van der Waals surface area contributed by atoms with E-state index in [2.05, 4.69) is 20.5 Å². The molecule has 3 rings (SSSR count). The van der Waals surface area contributed by atoms with Gasteiger partial charge in [-0.25, -0.2) is 4.79 Å². The number of aromatic amines is 1. The third-order valence-corrected chi connectivity index (χ3v) is 3.50. The highest BCUT2D eigenvalue weighted by Gasteiger charge is 2.25. The minimum absolute atomic E-state index is 0.187. The van der Waals surface area contributed by atoms with Gasteiger partial charge in [0.2, 0.25) is 5.56 Å². The lowest BCUT2D eigenvalue weighted by Crippen LogP contribution is -2.32. The molecule has 2 aromatic rings. The number of hydrogen-bond donors (Lipinski definition) is 2. The Kier molecular flexibility index (Phi) is 3.86. The van der Waals surface area contributed by atoms with Gasteiger partial charge in [0.25, 0.3) is 0 Å². The van der Waals surface area contributed by atoms with Crippen LogP contribution >= 0.6 is 0 Å². The van der Waals surface area contributed by atoms with Crippen molar-refractivity contribution in [2.75, 3.05) is 12.4 Å². The van der Waals surface area contributed by atoms with Gasteiger partial charge in [-0.05, 0) is 31.0 Å². The number of nitrogens with zero attached hydrogens (tertiary/aromatic N) is 3. The first-order valence-corrected chi connectivity index (χ1v) is 7.16. The first-order chi connectivity index (χ1) is 10.6. The Bertz CT molecular complexity index is 721. The van der Waals surface area contributed by atoms with E-state index in [0.29, 0.717) is 24.0 Å². The molecule has 1 aliphatic rings. The number of hydrogen-bond acceptors (Lipinski definition) is 4. The van der Waals surface area contributed by atoms with E-state index >= 15 is 0 Å². The summed E-state index contributed by atoms with van der Waals surface area (Å²) in [6.07, 6.45) is 2.33. The Morgan fingerprint density at radius 1 is 1.32 bits per heavy atom. The van der Waals surface area contributed by atoms with Crippen molar-refractivity contribution < 1.29 is 4.79 Å². The zero-order chi connectivity index (χ0) is 15.5.